The highest BCUT2D eigenvalue weighted by molar-refractivity contribution is 7.89. The van der Waals surface area contributed by atoms with Crippen LogP contribution >= 0.6 is 0 Å². The van der Waals surface area contributed by atoms with Crippen molar-refractivity contribution in [2.75, 3.05) is 18.4 Å². The first-order chi connectivity index (χ1) is 13.6. The van der Waals surface area contributed by atoms with Crippen molar-refractivity contribution in [1.82, 2.24) is 23.9 Å². The second kappa shape index (κ2) is 7.01. The second-order valence-corrected chi connectivity index (χ2v) is 9.56. The van der Waals surface area contributed by atoms with E-state index in [4.69, 9.17) is 0 Å². The molecule has 0 saturated carbocycles. The highest BCUT2D eigenvalue weighted by Crippen LogP contribution is 2.41. The number of nitrogens with zero attached hydrogens (tertiary/aromatic N) is 5. The van der Waals surface area contributed by atoms with Crippen LogP contribution in [-0.4, -0.2) is 57.6 Å². The number of hydrogen-bond acceptors (Lipinski definition) is 5. The summed E-state index contributed by atoms with van der Waals surface area (Å²) in [5, 5.41) is 11.3. The van der Waals surface area contributed by atoms with E-state index >= 15 is 0 Å². The zero-order valence-corrected chi connectivity index (χ0v) is 16.9. The average molecular weight is 432 g/mol. The lowest BCUT2D eigenvalue weighted by atomic mass is 10.0. The number of aryl methyl sites for hydroxylation is 1. The van der Waals surface area contributed by atoms with Crippen LogP contribution in [-0.2, 0) is 16.6 Å². The molecule has 3 atom stereocenters. The van der Waals surface area contributed by atoms with E-state index in [0.717, 1.165) is 4.68 Å². The lowest BCUT2D eigenvalue weighted by Gasteiger charge is -2.31. The van der Waals surface area contributed by atoms with Crippen molar-refractivity contribution < 1.29 is 21.6 Å². The largest absolute Gasteiger partial charge is 0.410 e. The molecular weight excluding hydrogens is 409 g/mol. The van der Waals surface area contributed by atoms with Crippen LogP contribution in [0.3, 0.4) is 0 Å². The summed E-state index contributed by atoms with van der Waals surface area (Å²) in [5.41, 5.74) is 0.484. The van der Waals surface area contributed by atoms with Gasteiger partial charge < -0.3 is 5.32 Å². The highest BCUT2D eigenvalue weighted by Gasteiger charge is 2.46. The van der Waals surface area contributed by atoms with E-state index in [2.05, 4.69) is 15.5 Å². The molecule has 2 aromatic rings. The Morgan fingerprint density at radius 3 is 2.76 bits per heavy atom. The summed E-state index contributed by atoms with van der Waals surface area (Å²) in [7, 11) is -3.69. The Balaban J connectivity index is 1.56. The van der Waals surface area contributed by atoms with Gasteiger partial charge >= 0.3 is 6.18 Å². The molecule has 12 heteroatoms. The molecule has 1 saturated heterocycles. The topological polar surface area (TPSA) is 85.0 Å². The van der Waals surface area contributed by atoms with Crippen LogP contribution < -0.4 is 5.32 Å². The Labute approximate surface area is 166 Å². The quantitative estimate of drug-likeness (QED) is 0.803. The van der Waals surface area contributed by atoms with Gasteiger partial charge in [0.1, 0.15) is 10.7 Å². The average Bonchev–Trinajstić information content (AvgIpc) is 3.37. The van der Waals surface area contributed by atoms with E-state index in [-0.39, 0.29) is 29.8 Å². The van der Waals surface area contributed by atoms with E-state index in [1.165, 1.54) is 21.4 Å². The summed E-state index contributed by atoms with van der Waals surface area (Å²) in [5.74, 6) is 0.0710. The van der Waals surface area contributed by atoms with Gasteiger partial charge in [0.15, 0.2) is 6.04 Å². The van der Waals surface area contributed by atoms with Crippen molar-refractivity contribution in [2.24, 2.45) is 0 Å². The van der Waals surface area contributed by atoms with Crippen LogP contribution in [0.5, 0.6) is 0 Å². The lowest BCUT2D eigenvalue weighted by molar-refractivity contribution is -0.173. The summed E-state index contributed by atoms with van der Waals surface area (Å²) in [6.07, 6.45) is -1.18. The molecule has 8 nitrogen and oxygen atoms in total. The standard InChI is InChI=1S/C17H23F3N6O2S/c1-3-24-10-13(8-21-24)29(27,28)25-5-4-12(9-25)14-7-16-22-11(2)6-15(17(18,19)20)26(16)23-14/h7-8,10-12,15,22H,3-6,9H2,1-2H3/t11-,12?,15-/m1/s1. The molecule has 1 unspecified atom stereocenters. The smallest absolute Gasteiger partial charge is 0.368 e. The Kier molecular flexibility index (Phi) is 4.88. The fourth-order valence-electron chi connectivity index (χ4n) is 3.96. The van der Waals surface area contributed by atoms with Gasteiger partial charge in [-0.05, 0) is 26.7 Å². The van der Waals surface area contributed by atoms with Gasteiger partial charge in [0.25, 0.3) is 0 Å². The molecule has 1 N–H and O–H groups in total. The maximum atomic E-state index is 13.4. The molecule has 2 aliphatic heterocycles. The minimum Gasteiger partial charge on any atom is -0.368 e. The number of halogens is 3. The molecule has 0 amide bonds. The molecule has 0 aromatic carbocycles. The predicted molar refractivity (Wildman–Crippen MR) is 99.0 cm³/mol. The third-order valence-corrected chi connectivity index (χ3v) is 7.36. The molecule has 0 aliphatic carbocycles. The molecule has 0 bridgehead atoms. The molecule has 0 radical (unpaired) electrons. The molecule has 2 aromatic heterocycles. The Morgan fingerprint density at radius 2 is 2.10 bits per heavy atom. The van der Waals surface area contributed by atoms with E-state index in [1.807, 2.05) is 6.92 Å². The summed E-state index contributed by atoms with van der Waals surface area (Å²) in [4.78, 5) is 0.122. The van der Waals surface area contributed by atoms with Crippen LogP contribution in [0.1, 0.15) is 44.3 Å². The monoisotopic (exact) mass is 432 g/mol. The highest BCUT2D eigenvalue weighted by atomic mass is 32.2. The lowest BCUT2D eigenvalue weighted by Crippen LogP contribution is -2.37. The maximum Gasteiger partial charge on any atom is 0.410 e. The van der Waals surface area contributed by atoms with Gasteiger partial charge in [0.2, 0.25) is 10.0 Å². The summed E-state index contributed by atoms with van der Waals surface area (Å²) in [6.45, 7) is 4.60. The first-order valence-corrected chi connectivity index (χ1v) is 11.0. The summed E-state index contributed by atoms with van der Waals surface area (Å²) in [6, 6.07) is -0.387. The number of alkyl halides is 3. The fraction of sp³-hybridized carbons (Fsp3) is 0.647. The van der Waals surface area contributed by atoms with Gasteiger partial charge in [0.05, 0.1) is 11.9 Å². The second-order valence-electron chi connectivity index (χ2n) is 7.62. The van der Waals surface area contributed by atoms with E-state index in [9.17, 15) is 21.6 Å². The number of sulfonamides is 1. The van der Waals surface area contributed by atoms with Crippen LogP contribution in [0.2, 0.25) is 0 Å². The normalized spacial score (nSPS) is 25.8. The van der Waals surface area contributed by atoms with Crippen molar-refractivity contribution in [3.63, 3.8) is 0 Å². The van der Waals surface area contributed by atoms with Crippen LogP contribution in [0.25, 0.3) is 0 Å². The fourth-order valence-corrected chi connectivity index (χ4v) is 5.42. The minimum atomic E-state index is -4.39. The first kappa shape index (κ1) is 20.2. The maximum absolute atomic E-state index is 13.4. The Hall–Kier alpha value is -2.08. The molecule has 29 heavy (non-hydrogen) atoms. The zero-order valence-electron chi connectivity index (χ0n) is 16.1. The van der Waals surface area contributed by atoms with Gasteiger partial charge in [-0.2, -0.15) is 27.7 Å². The Morgan fingerprint density at radius 1 is 1.34 bits per heavy atom. The van der Waals surface area contributed by atoms with Gasteiger partial charge in [-0.25, -0.2) is 13.1 Å². The van der Waals surface area contributed by atoms with Crippen LogP contribution in [0.15, 0.2) is 23.4 Å². The van der Waals surface area contributed by atoms with E-state index in [0.29, 0.717) is 31.0 Å². The SMILES string of the molecule is CCn1cc(S(=O)(=O)N2CCC(c3cc4n(n3)[C@@H](C(F)(F)F)C[C@@H](C)N4)C2)cn1. The third kappa shape index (κ3) is 3.63. The molecule has 4 rings (SSSR count). The molecule has 0 spiro atoms. The van der Waals surface area contributed by atoms with Crippen LogP contribution in [0, 0.1) is 0 Å². The zero-order chi connectivity index (χ0) is 21.0. The van der Waals surface area contributed by atoms with Crippen molar-refractivity contribution in [3.05, 3.63) is 24.2 Å². The minimum absolute atomic E-state index is 0.0930. The molecule has 160 valence electrons. The summed E-state index contributed by atoms with van der Waals surface area (Å²) >= 11 is 0. The number of fused-ring (bicyclic) bond motifs is 1. The van der Waals surface area contributed by atoms with Crippen molar-refractivity contribution in [2.45, 2.75) is 62.3 Å². The number of anilines is 1. The molecule has 1 fully saturated rings. The summed E-state index contributed by atoms with van der Waals surface area (Å²) < 4.78 is 69.9. The van der Waals surface area contributed by atoms with Gasteiger partial charge in [-0.15, -0.1) is 0 Å². The van der Waals surface area contributed by atoms with Crippen LogP contribution in [0.4, 0.5) is 19.0 Å². The number of nitrogens with one attached hydrogen (secondary N) is 1. The first-order valence-electron chi connectivity index (χ1n) is 9.55. The molecular formula is C17H23F3N6O2S. The number of hydrogen-bond donors (Lipinski definition) is 1. The number of rotatable bonds is 4. The van der Waals surface area contributed by atoms with Crippen molar-refractivity contribution in [1.29, 1.82) is 0 Å². The third-order valence-electron chi connectivity index (χ3n) is 5.54. The van der Waals surface area contributed by atoms with E-state index in [1.54, 1.807) is 13.0 Å². The van der Waals surface area contributed by atoms with E-state index < -0.39 is 22.2 Å². The molecule has 2 aliphatic rings. The van der Waals surface area contributed by atoms with Gasteiger partial charge in [0, 0.05) is 43.9 Å². The number of aromatic nitrogens is 4. The van der Waals surface area contributed by atoms with Gasteiger partial charge in [-0.3, -0.25) is 4.68 Å². The predicted octanol–water partition coefficient (Wildman–Crippen LogP) is 2.59. The Bertz CT molecular complexity index is 999. The molecule has 4 heterocycles. The van der Waals surface area contributed by atoms with Crippen molar-refractivity contribution in [3.8, 4) is 0 Å². The van der Waals surface area contributed by atoms with Crippen molar-refractivity contribution >= 4 is 15.8 Å². The van der Waals surface area contributed by atoms with Gasteiger partial charge in [-0.1, -0.05) is 0 Å².